The van der Waals surface area contributed by atoms with Crippen molar-refractivity contribution in [2.24, 2.45) is 0 Å². The summed E-state index contributed by atoms with van der Waals surface area (Å²) in [5.41, 5.74) is 0. The summed E-state index contributed by atoms with van der Waals surface area (Å²) in [6.07, 6.45) is 9.29. The van der Waals surface area contributed by atoms with E-state index >= 15 is 0 Å². The van der Waals surface area contributed by atoms with Gasteiger partial charge in [0, 0.05) is 37.6 Å². The molecule has 2 saturated heterocycles. The number of rotatable bonds is 5. The molecule has 6 heteroatoms. The Kier molecular flexibility index (Phi) is 8.32. The van der Waals surface area contributed by atoms with Gasteiger partial charge in [0.15, 0.2) is 0 Å². The highest BCUT2D eigenvalue weighted by atomic mass is 35.5. The first-order valence-corrected chi connectivity index (χ1v) is 8.08. The zero-order valence-corrected chi connectivity index (χ0v) is 14.3. The van der Waals surface area contributed by atoms with Gasteiger partial charge in [0.25, 0.3) is 0 Å². The van der Waals surface area contributed by atoms with E-state index in [1.165, 1.54) is 38.8 Å². The monoisotopic (exact) mass is 337 g/mol. The average molecular weight is 338 g/mol. The second-order valence-electron chi connectivity index (χ2n) is 6.44. The lowest BCUT2D eigenvalue weighted by Crippen LogP contribution is -2.45. The normalized spacial score (nSPS) is 26.8. The minimum Gasteiger partial charge on any atom is -0.353 e. The predicted octanol–water partition coefficient (Wildman–Crippen LogP) is 2.11. The van der Waals surface area contributed by atoms with Crippen molar-refractivity contribution in [1.82, 2.24) is 15.5 Å². The van der Waals surface area contributed by atoms with Crippen molar-refractivity contribution in [3.8, 4) is 0 Å². The lowest BCUT2D eigenvalue weighted by atomic mass is 10.0. The molecule has 124 valence electrons. The summed E-state index contributed by atoms with van der Waals surface area (Å²) in [7, 11) is 0. The number of carbonyl (C=O) groups excluding carboxylic acids is 1. The molecule has 0 bridgehead atoms. The zero-order valence-electron chi connectivity index (χ0n) is 12.7. The molecule has 1 saturated carbocycles. The molecule has 0 spiro atoms. The third-order valence-electron chi connectivity index (χ3n) is 4.84. The van der Waals surface area contributed by atoms with Gasteiger partial charge in [-0.05, 0) is 51.5 Å². The fourth-order valence-electron chi connectivity index (χ4n) is 3.46. The van der Waals surface area contributed by atoms with E-state index in [0.717, 1.165) is 31.8 Å². The van der Waals surface area contributed by atoms with Crippen LogP contribution in [0.2, 0.25) is 0 Å². The van der Waals surface area contributed by atoms with Gasteiger partial charge in [0.2, 0.25) is 5.91 Å². The van der Waals surface area contributed by atoms with Crippen LogP contribution in [-0.4, -0.2) is 48.6 Å². The molecule has 0 aromatic heterocycles. The van der Waals surface area contributed by atoms with E-state index in [0.29, 0.717) is 18.5 Å². The van der Waals surface area contributed by atoms with Crippen LogP contribution in [0.25, 0.3) is 0 Å². The molecule has 1 amide bonds. The Labute approximate surface area is 140 Å². The topological polar surface area (TPSA) is 44.4 Å². The molecule has 2 aliphatic heterocycles. The standard InChI is InChI=1S/C15H27N3O.2ClH/c19-15(6-3-12-2-1-9-16-12)17-13-7-10-18(11-8-13)14-4-5-14;;/h12-14,16H,1-11H2,(H,17,19);2*1H. The molecule has 2 heterocycles. The first-order chi connectivity index (χ1) is 9.31. The second kappa shape index (κ2) is 9.19. The van der Waals surface area contributed by atoms with Gasteiger partial charge in [-0.15, -0.1) is 24.8 Å². The maximum atomic E-state index is 11.9. The van der Waals surface area contributed by atoms with Crippen LogP contribution in [0, 0.1) is 0 Å². The summed E-state index contributed by atoms with van der Waals surface area (Å²) in [6, 6.07) is 1.89. The Morgan fingerprint density at radius 1 is 1.10 bits per heavy atom. The fraction of sp³-hybridized carbons (Fsp3) is 0.933. The molecule has 4 nitrogen and oxygen atoms in total. The summed E-state index contributed by atoms with van der Waals surface area (Å²) >= 11 is 0. The van der Waals surface area contributed by atoms with Crippen LogP contribution in [0.3, 0.4) is 0 Å². The van der Waals surface area contributed by atoms with E-state index in [4.69, 9.17) is 0 Å². The molecule has 3 aliphatic rings. The maximum absolute atomic E-state index is 11.9. The first-order valence-electron chi connectivity index (χ1n) is 8.08. The molecule has 1 atom stereocenters. The van der Waals surface area contributed by atoms with Gasteiger partial charge in [-0.25, -0.2) is 0 Å². The molecule has 3 rings (SSSR count). The lowest BCUT2D eigenvalue weighted by Gasteiger charge is -2.32. The number of carbonyl (C=O) groups is 1. The van der Waals surface area contributed by atoms with Crippen molar-refractivity contribution in [1.29, 1.82) is 0 Å². The number of piperidine rings is 1. The van der Waals surface area contributed by atoms with Crippen molar-refractivity contribution >= 4 is 30.7 Å². The highest BCUT2D eigenvalue weighted by molar-refractivity contribution is 5.85. The number of hydrogen-bond donors (Lipinski definition) is 2. The van der Waals surface area contributed by atoms with Crippen LogP contribution in [-0.2, 0) is 4.79 Å². The Morgan fingerprint density at radius 2 is 1.81 bits per heavy atom. The van der Waals surface area contributed by atoms with Crippen LogP contribution in [0.4, 0.5) is 0 Å². The highest BCUT2D eigenvalue weighted by Gasteiger charge is 2.32. The number of nitrogens with zero attached hydrogens (tertiary/aromatic N) is 1. The van der Waals surface area contributed by atoms with Crippen LogP contribution < -0.4 is 10.6 Å². The van der Waals surface area contributed by atoms with Crippen LogP contribution in [0.15, 0.2) is 0 Å². The largest absolute Gasteiger partial charge is 0.353 e. The van der Waals surface area contributed by atoms with Crippen LogP contribution >= 0.6 is 24.8 Å². The Balaban J connectivity index is 0.00000110. The highest BCUT2D eigenvalue weighted by Crippen LogP contribution is 2.29. The van der Waals surface area contributed by atoms with Gasteiger partial charge < -0.3 is 15.5 Å². The summed E-state index contributed by atoms with van der Waals surface area (Å²) in [4.78, 5) is 14.5. The molecule has 0 aromatic carbocycles. The molecular formula is C15H29Cl2N3O. The van der Waals surface area contributed by atoms with Gasteiger partial charge in [-0.2, -0.15) is 0 Å². The molecule has 2 N–H and O–H groups in total. The van der Waals surface area contributed by atoms with E-state index in [-0.39, 0.29) is 30.7 Å². The number of amides is 1. The zero-order chi connectivity index (χ0) is 13.1. The van der Waals surface area contributed by atoms with Gasteiger partial charge >= 0.3 is 0 Å². The van der Waals surface area contributed by atoms with Crippen molar-refractivity contribution in [3.63, 3.8) is 0 Å². The smallest absolute Gasteiger partial charge is 0.220 e. The number of halogens is 2. The van der Waals surface area contributed by atoms with Crippen molar-refractivity contribution < 1.29 is 4.79 Å². The number of nitrogens with one attached hydrogen (secondary N) is 2. The fourth-order valence-corrected chi connectivity index (χ4v) is 3.46. The lowest BCUT2D eigenvalue weighted by molar-refractivity contribution is -0.122. The SMILES string of the molecule is Cl.Cl.O=C(CCC1CCCN1)NC1CCN(C2CC2)CC1. The molecular weight excluding hydrogens is 309 g/mol. The maximum Gasteiger partial charge on any atom is 0.220 e. The summed E-state index contributed by atoms with van der Waals surface area (Å²) < 4.78 is 0. The Morgan fingerprint density at radius 3 is 2.38 bits per heavy atom. The van der Waals surface area contributed by atoms with E-state index in [1.54, 1.807) is 0 Å². The van der Waals surface area contributed by atoms with Crippen molar-refractivity contribution in [3.05, 3.63) is 0 Å². The third-order valence-corrected chi connectivity index (χ3v) is 4.84. The minimum absolute atomic E-state index is 0. The van der Waals surface area contributed by atoms with Gasteiger partial charge in [-0.1, -0.05) is 0 Å². The van der Waals surface area contributed by atoms with E-state index < -0.39 is 0 Å². The summed E-state index contributed by atoms with van der Waals surface area (Å²) in [5, 5.41) is 6.68. The van der Waals surface area contributed by atoms with Gasteiger partial charge in [-0.3, -0.25) is 4.79 Å². The molecule has 1 aliphatic carbocycles. The van der Waals surface area contributed by atoms with E-state index in [2.05, 4.69) is 15.5 Å². The van der Waals surface area contributed by atoms with Gasteiger partial charge in [0.1, 0.15) is 0 Å². The Bertz CT molecular complexity index is 312. The predicted molar refractivity (Wildman–Crippen MR) is 90.5 cm³/mol. The third kappa shape index (κ3) is 5.93. The van der Waals surface area contributed by atoms with Crippen LogP contribution in [0.1, 0.15) is 51.4 Å². The minimum atomic E-state index is 0. The second-order valence-corrected chi connectivity index (χ2v) is 6.44. The molecule has 1 unspecified atom stereocenters. The van der Waals surface area contributed by atoms with E-state index in [9.17, 15) is 4.79 Å². The quantitative estimate of drug-likeness (QED) is 0.807. The molecule has 0 radical (unpaired) electrons. The van der Waals surface area contributed by atoms with E-state index in [1.807, 2.05) is 0 Å². The Hall–Kier alpha value is -0.0300. The molecule has 0 aromatic rings. The molecule has 3 fully saturated rings. The first kappa shape index (κ1) is 19.0. The summed E-state index contributed by atoms with van der Waals surface area (Å²) in [6.45, 7) is 3.49. The van der Waals surface area contributed by atoms with Gasteiger partial charge in [0.05, 0.1) is 0 Å². The number of hydrogen-bond acceptors (Lipinski definition) is 3. The van der Waals surface area contributed by atoms with Crippen molar-refractivity contribution in [2.45, 2.75) is 69.5 Å². The van der Waals surface area contributed by atoms with Crippen molar-refractivity contribution in [2.75, 3.05) is 19.6 Å². The summed E-state index contributed by atoms with van der Waals surface area (Å²) in [5.74, 6) is 0.263. The average Bonchev–Trinajstić information content (AvgIpc) is 3.14. The number of likely N-dealkylation sites (tertiary alicyclic amines) is 1. The van der Waals surface area contributed by atoms with Crippen LogP contribution in [0.5, 0.6) is 0 Å². The molecule has 21 heavy (non-hydrogen) atoms.